The minimum Gasteiger partial charge on any atom is -0.508 e. The second-order valence-corrected chi connectivity index (χ2v) is 6.81. The van der Waals surface area contributed by atoms with Gasteiger partial charge in [-0.1, -0.05) is 23.7 Å². The fraction of sp³-hybridized carbons (Fsp3) is 0.0455. The van der Waals surface area contributed by atoms with Crippen LogP contribution in [0.3, 0.4) is 0 Å². The maximum Gasteiger partial charge on any atom is 0.262 e. The first-order valence-electron chi connectivity index (χ1n) is 8.80. The smallest absolute Gasteiger partial charge is 0.262 e. The van der Waals surface area contributed by atoms with Gasteiger partial charge in [-0.15, -0.1) is 0 Å². The van der Waals surface area contributed by atoms with E-state index in [2.05, 4.69) is 15.3 Å². The van der Waals surface area contributed by atoms with Gasteiger partial charge in [-0.05, 0) is 55.0 Å². The van der Waals surface area contributed by atoms with E-state index in [1.54, 1.807) is 48.7 Å². The predicted molar refractivity (Wildman–Crippen MR) is 111 cm³/mol. The zero-order chi connectivity index (χ0) is 20.4. The van der Waals surface area contributed by atoms with Crippen LogP contribution in [0.5, 0.6) is 5.75 Å². The molecule has 144 valence electrons. The molecule has 4 rings (SSSR count). The lowest BCUT2D eigenvalue weighted by Crippen LogP contribution is -2.22. The molecule has 0 radical (unpaired) electrons. The van der Waals surface area contributed by atoms with Gasteiger partial charge in [0.15, 0.2) is 0 Å². The largest absolute Gasteiger partial charge is 0.508 e. The van der Waals surface area contributed by atoms with Gasteiger partial charge in [0, 0.05) is 22.7 Å². The number of aryl methyl sites for hydroxylation is 1. The molecule has 4 aromatic rings. The molecular formula is C22H16ClN3O3. The summed E-state index contributed by atoms with van der Waals surface area (Å²) >= 11 is 6.19. The van der Waals surface area contributed by atoms with E-state index >= 15 is 0 Å². The van der Waals surface area contributed by atoms with E-state index in [1.165, 1.54) is 12.1 Å². The van der Waals surface area contributed by atoms with Crippen molar-refractivity contribution in [2.45, 2.75) is 6.92 Å². The topological polar surface area (TPSA) is 87.7 Å². The first-order chi connectivity index (χ1) is 14.0. The Balaban J connectivity index is 1.87. The molecule has 2 aromatic carbocycles. The summed E-state index contributed by atoms with van der Waals surface area (Å²) in [5.41, 5.74) is 2.17. The fourth-order valence-corrected chi connectivity index (χ4v) is 2.92. The number of aromatic hydroxyl groups is 1. The Bertz CT molecular complexity index is 1280. The molecule has 0 saturated carbocycles. The van der Waals surface area contributed by atoms with Gasteiger partial charge in [-0.2, -0.15) is 0 Å². The Morgan fingerprint density at radius 3 is 2.76 bits per heavy atom. The van der Waals surface area contributed by atoms with Crippen LogP contribution in [0.4, 0.5) is 11.5 Å². The summed E-state index contributed by atoms with van der Waals surface area (Å²) in [7, 11) is 0. The molecule has 0 unspecified atom stereocenters. The highest BCUT2D eigenvalue weighted by atomic mass is 35.5. The van der Waals surface area contributed by atoms with Crippen molar-refractivity contribution >= 4 is 40.0 Å². The van der Waals surface area contributed by atoms with Crippen LogP contribution in [0, 0.1) is 6.92 Å². The highest BCUT2D eigenvalue weighted by molar-refractivity contribution is 6.31. The molecule has 0 aliphatic carbocycles. The van der Waals surface area contributed by atoms with Gasteiger partial charge in [0.25, 0.3) is 5.91 Å². The predicted octanol–water partition coefficient (Wildman–Crippen LogP) is 4.98. The highest BCUT2D eigenvalue weighted by Crippen LogP contribution is 2.23. The van der Waals surface area contributed by atoms with E-state index in [1.807, 2.05) is 13.0 Å². The van der Waals surface area contributed by atoms with Crippen molar-refractivity contribution < 1.29 is 14.3 Å². The summed E-state index contributed by atoms with van der Waals surface area (Å²) in [5.74, 6) is 0.0447. The Labute approximate surface area is 171 Å². The van der Waals surface area contributed by atoms with Crippen molar-refractivity contribution in [2.75, 3.05) is 5.32 Å². The molecule has 2 N–H and O–H groups in total. The second kappa shape index (κ2) is 7.77. The molecule has 0 bridgehead atoms. The first kappa shape index (κ1) is 18.7. The molecule has 0 fully saturated rings. The van der Waals surface area contributed by atoms with E-state index in [4.69, 9.17) is 16.0 Å². The van der Waals surface area contributed by atoms with Crippen molar-refractivity contribution in [3.8, 4) is 5.75 Å². The van der Waals surface area contributed by atoms with Gasteiger partial charge in [0.2, 0.25) is 5.55 Å². The Hall–Kier alpha value is -3.64. The van der Waals surface area contributed by atoms with E-state index in [0.29, 0.717) is 27.5 Å². The molecule has 1 amide bonds. The third-order valence-electron chi connectivity index (χ3n) is 4.27. The third-order valence-corrected chi connectivity index (χ3v) is 4.68. The number of hydrogen-bond donors (Lipinski definition) is 2. The quantitative estimate of drug-likeness (QED) is 0.503. The number of nitrogens with one attached hydrogen (secondary N) is 1. The molecule has 0 aliphatic heterocycles. The van der Waals surface area contributed by atoms with E-state index in [-0.39, 0.29) is 16.9 Å². The average molecular weight is 406 g/mol. The van der Waals surface area contributed by atoms with Crippen LogP contribution in [-0.2, 0) is 0 Å². The number of rotatable bonds is 3. The molecule has 29 heavy (non-hydrogen) atoms. The lowest BCUT2D eigenvalue weighted by Gasteiger charge is -2.07. The van der Waals surface area contributed by atoms with E-state index < -0.39 is 5.91 Å². The summed E-state index contributed by atoms with van der Waals surface area (Å²) < 4.78 is 5.86. The van der Waals surface area contributed by atoms with Crippen LogP contribution in [0.2, 0.25) is 5.02 Å². The second-order valence-electron chi connectivity index (χ2n) is 6.40. The number of halogens is 1. The maximum absolute atomic E-state index is 12.9. The van der Waals surface area contributed by atoms with Crippen molar-refractivity contribution in [1.82, 2.24) is 4.98 Å². The van der Waals surface area contributed by atoms with Crippen LogP contribution in [0.1, 0.15) is 15.9 Å². The number of phenolic OH excluding ortho intramolecular Hbond substituents is 1. The number of phenols is 1. The standard InChI is InChI=1S/C22H16ClN3O3/c1-13-5-7-15(11-18(13)23)25-22-17(21(28)26-20-4-2-3-9-24-20)10-14-6-8-16(27)12-19(14)29-22/h2-12,27H,1H3,(H,24,26,28). The summed E-state index contributed by atoms with van der Waals surface area (Å²) in [6, 6.07) is 16.8. The zero-order valence-corrected chi connectivity index (χ0v) is 16.1. The molecule has 0 saturated heterocycles. The molecule has 0 atom stereocenters. The molecule has 0 spiro atoms. The first-order valence-corrected chi connectivity index (χ1v) is 9.17. The minimum absolute atomic E-state index is 0.0521. The molecule has 7 heteroatoms. The number of carbonyl (C=O) groups is 1. The number of amides is 1. The van der Waals surface area contributed by atoms with Crippen LogP contribution < -0.4 is 10.9 Å². The molecule has 0 aliphatic rings. The lowest BCUT2D eigenvalue weighted by molar-refractivity contribution is 0.102. The number of hydrogen-bond acceptors (Lipinski definition) is 5. The van der Waals surface area contributed by atoms with Crippen molar-refractivity contribution in [3.05, 3.63) is 88.6 Å². The van der Waals surface area contributed by atoms with Gasteiger partial charge in [0.05, 0.1) is 5.69 Å². The van der Waals surface area contributed by atoms with Gasteiger partial charge >= 0.3 is 0 Å². The van der Waals surface area contributed by atoms with Crippen LogP contribution in [0.15, 0.2) is 76.3 Å². The third kappa shape index (κ3) is 4.12. The molecular weight excluding hydrogens is 390 g/mol. The molecule has 2 aromatic heterocycles. The Kier molecular flexibility index (Phi) is 5.01. The summed E-state index contributed by atoms with van der Waals surface area (Å²) in [6.45, 7) is 1.89. The average Bonchev–Trinajstić information content (AvgIpc) is 2.71. The Morgan fingerprint density at radius 2 is 2.00 bits per heavy atom. The van der Waals surface area contributed by atoms with Gasteiger partial charge in [0.1, 0.15) is 22.7 Å². The number of carbonyl (C=O) groups excluding carboxylic acids is 1. The number of anilines is 1. The van der Waals surface area contributed by atoms with Gasteiger partial charge in [-0.3, -0.25) is 4.79 Å². The zero-order valence-electron chi connectivity index (χ0n) is 15.4. The monoisotopic (exact) mass is 405 g/mol. The van der Waals surface area contributed by atoms with Crippen molar-refractivity contribution in [1.29, 1.82) is 0 Å². The SMILES string of the molecule is Cc1ccc(N=c2oc3cc(O)ccc3cc2C(=O)Nc2ccccn2)cc1Cl. The van der Waals surface area contributed by atoms with Gasteiger partial charge in [-0.25, -0.2) is 9.98 Å². The Morgan fingerprint density at radius 1 is 1.14 bits per heavy atom. The summed E-state index contributed by atoms with van der Waals surface area (Å²) in [5, 5.41) is 13.7. The van der Waals surface area contributed by atoms with E-state index in [0.717, 1.165) is 5.56 Å². The number of nitrogens with zero attached hydrogens (tertiary/aromatic N) is 2. The molecule has 6 nitrogen and oxygen atoms in total. The van der Waals surface area contributed by atoms with Crippen LogP contribution in [-0.4, -0.2) is 16.0 Å². The normalized spacial score (nSPS) is 11.6. The highest BCUT2D eigenvalue weighted by Gasteiger charge is 2.14. The summed E-state index contributed by atoms with van der Waals surface area (Å²) in [6.07, 6.45) is 1.59. The number of benzene rings is 2. The number of aromatic nitrogens is 1. The van der Waals surface area contributed by atoms with Crippen LogP contribution in [0.25, 0.3) is 11.0 Å². The van der Waals surface area contributed by atoms with Gasteiger partial charge < -0.3 is 14.8 Å². The van der Waals surface area contributed by atoms with Crippen LogP contribution >= 0.6 is 11.6 Å². The fourth-order valence-electron chi connectivity index (χ4n) is 2.74. The number of fused-ring (bicyclic) bond motifs is 1. The maximum atomic E-state index is 12.9. The molecule has 2 heterocycles. The minimum atomic E-state index is -0.417. The van der Waals surface area contributed by atoms with Crippen molar-refractivity contribution in [3.63, 3.8) is 0 Å². The van der Waals surface area contributed by atoms with E-state index in [9.17, 15) is 9.90 Å². The van der Waals surface area contributed by atoms with Crippen molar-refractivity contribution in [2.24, 2.45) is 4.99 Å². The lowest BCUT2D eigenvalue weighted by atomic mass is 10.1. The number of pyridine rings is 1. The summed E-state index contributed by atoms with van der Waals surface area (Å²) in [4.78, 5) is 21.5.